The van der Waals surface area contributed by atoms with E-state index in [1.165, 1.54) is 6.08 Å². The first-order chi connectivity index (χ1) is 9.16. The minimum Gasteiger partial charge on any atom is 0 e. The van der Waals surface area contributed by atoms with Crippen molar-refractivity contribution in [2.24, 2.45) is 5.92 Å². The third-order valence-electron chi connectivity index (χ3n) is 1.84. The van der Waals surface area contributed by atoms with Crippen molar-refractivity contribution in [1.82, 2.24) is 0 Å². The fourth-order valence-corrected chi connectivity index (χ4v) is 1.11. The summed E-state index contributed by atoms with van der Waals surface area (Å²) in [5.41, 5.74) is 0.150. The molecule has 7 heteroatoms. The molecule has 1 unspecified atom stereocenters. The van der Waals surface area contributed by atoms with Crippen molar-refractivity contribution < 1.29 is 45.4 Å². The Bertz CT molecular complexity index is 389. The Balaban J connectivity index is -0.000000162. The molecular formula is C13H12FeO6. The molecule has 0 spiro atoms. The van der Waals surface area contributed by atoms with Crippen LogP contribution < -0.4 is 0 Å². The SMILES string of the molecule is CCOC(=O)C1=CC=CC(C)C1=O.[C-]#[O+].[C-]#[O+].[C-]#[O+].[Fe]. The van der Waals surface area contributed by atoms with Crippen LogP contribution in [0.25, 0.3) is 0 Å². The van der Waals surface area contributed by atoms with Crippen LogP contribution in [0.1, 0.15) is 13.8 Å². The molecule has 0 aromatic rings. The molecule has 0 fully saturated rings. The number of hydrogen-bond acceptors (Lipinski definition) is 3. The Morgan fingerprint density at radius 1 is 1.25 bits per heavy atom. The zero-order valence-corrected chi connectivity index (χ0v) is 11.9. The van der Waals surface area contributed by atoms with Crippen LogP contribution in [-0.4, -0.2) is 18.4 Å². The number of ether oxygens (including phenoxy) is 1. The maximum Gasteiger partial charge on any atom is 0 e. The van der Waals surface area contributed by atoms with Gasteiger partial charge in [-0.3, -0.25) is 4.79 Å². The van der Waals surface area contributed by atoms with Gasteiger partial charge in [0.2, 0.25) is 0 Å². The first-order valence-electron chi connectivity index (χ1n) is 4.88. The summed E-state index contributed by atoms with van der Waals surface area (Å²) in [4.78, 5) is 22.6. The molecule has 0 saturated heterocycles. The third-order valence-corrected chi connectivity index (χ3v) is 1.84. The Morgan fingerprint density at radius 2 is 1.70 bits per heavy atom. The molecule has 0 saturated carbocycles. The molecule has 0 amide bonds. The van der Waals surface area contributed by atoms with Crippen LogP contribution in [0.4, 0.5) is 0 Å². The molecule has 1 atom stereocenters. The minimum absolute atomic E-state index is 0. The average Bonchev–Trinajstić information content (AvgIpc) is 2.48. The molecule has 0 heterocycles. The molecule has 108 valence electrons. The van der Waals surface area contributed by atoms with E-state index in [1.807, 2.05) is 0 Å². The van der Waals surface area contributed by atoms with Gasteiger partial charge in [-0.1, -0.05) is 19.1 Å². The van der Waals surface area contributed by atoms with Crippen molar-refractivity contribution in [2.45, 2.75) is 13.8 Å². The standard InChI is InChI=1S/C10H12O3.3CO.Fe/c1-3-13-10(12)8-6-4-5-7(2)9(8)11;3*1-2;/h4-7H,3H2,1-2H3;;;;. The molecule has 1 rings (SSSR count). The van der Waals surface area contributed by atoms with Gasteiger partial charge in [0.15, 0.2) is 5.78 Å². The van der Waals surface area contributed by atoms with Crippen molar-refractivity contribution in [3.8, 4) is 0 Å². The average molecular weight is 320 g/mol. The number of rotatable bonds is 2. The molecule has 1 aliphatic carbocycles. The Morgan fingerprint density at radius 3 is 2.10 bits per heavy atom. The normalized spacial score (nSPS) is 14.1. The van der Waals surface area contributed by atoms with Crippen molar-refractivity contribution in [1.29, 1.82) is 0 Å². The summed E-state index contributed by atoms with van der Waals surface area (Å²) in [6, 6.07) is 0. The van der Waals surface area contributed by atoms with Crippen molar-refractivity contribution in [3.63, 3.8) is 0 Å². The van der Waals surface area contributed by atoms with E-state index in [4.69, 9.17) is 18.7 Å². The van der Waals surface area contributed by atoms with Gasteiger partial charge in [-0.25, -0.2) is 4.79 Å². The number of hydrogen-bond donors (Lipinski definition) is 0. The van der Waals surface area contributed by atoms with E-state index in [1.54, 1.807) is 26.0 Å². The molecule has 6 nitrogen and oxygen atoms in total. The number of Topliss-reactive ketones (excluding diaryl/α,β-unsaturated/α-hetero) is 1. The molecular weight excluding hydrogens is 308 g/mol. The quantitative estimate of drug-likeness (QED) is 0.250. The van der Waals surface area contributed by atoms with E-state index >= 15 is 0 Å². The summed E-state index contributed by atoms with van der Waals surface area (Å²) in [6.07, 6.45) is 4.96. The fraction of sp³-hybridized carbons (Fsp3) is 0.308. The van der Waals surface area contributed by atoms with Gasteiger partial charge in [-0.15, -0.1) is 0 Å². The summed E-state index contributed by atoms with van der Waals surface area (Å²) < 4.78 is 27.2. The van der Waals surface area contributed by atoms with Gasteiger partial charge in [-0.2, -0.15) is 0 Å². The van der Waals surface area contributed by atoms with E-state index in [2.05, 4.69) is 20.0 Å². The van der Waals surface area contributed by atoms with E-state index < -0.39 is 5.97 Å². The Kier molecular flexibility index (Phi) is 26.4. The van der Waals surface area contributed by atoms with Gasteiger partial charge >= 0.3 is 39.9 Å². The van der Waals surface area contributed by atoms with Crippen LogP contribution in [0.3, 0.4) is 0 Å². The second kappa shape index (κ2) is 19.7. The molecule has 0 aromatic carbocycles. The summed E-state index contributed by atoms with van der Waals surface area (Å²) in [7, 11) is 0. The Labute approximate surface area is 127 Å². The van der Waals surface area contributed by atoms with Gasteiger partial charge in [0, 0.05) is 23.0 Å². The second-order valence-corrected chi connectivity index (χ2v) is 2.84. The summed E-state index contributed by atoms with van der Waals surface area (Å²) in [6.45, 7) is 17.3. The first-order valence-corrected chi connectivity index (χ1v) is 4.88. The summed E-state index contributed by atoms with van der Waals surface area (Å²) in [5, 5.41) is 0. The maximum absolute atomic E-state index is 11.4. The molecule has 20 heavy (non-hydrogen) atoms. The van der Waals surface area contributed by atoms with E-state index in [0.717, 1.165) is 0 Å². The van der Waals surface area contributed by atoms with Crippen molar-refractivity contribution >= 4 is 11.8 Å². The minimum atomic E-state index is -0.524. The van der Waals surface area contributed by atoms with Gasteiger partial charge in [0.25, 0.3) is 0 Å². The molecule has 0 aliphatic heterocycles. The van der Waals surface area contributed by atoms with Crippen molar-refractivity contribution in [2.75, 3.05) is 6.61 Å². The van der Waals surface area contributed by atoms with Gasteiger partial charge < -0.3 is 4.74 Å². The summed E-state index contributed by atoms with van der Waals surface area (Å²) >= 11 is 0. The molecule has 0 N–H and O–H groups in total. The largest absolute Gasteiger partial charge is 0 e. The zero-order chi connectivity index (χ0) is 15.8. The number of carbonyl (C=O) groups excluding carboxylic acids is 2. The molecule has 0 aromatic heterocycles. The van der Waals surface area contributed by atoms with Crippen LogP contribution in [0.5, 0.6) is 0 Å². The number of esters is 1. The topological polar surface area (TPSA) is 103 Å². The maximum atomic E-state index is 11.4. The van der Waals surface area contributed by atoms with E-state index in [9.17, 15) is 9.59 Å². The number of carbonyl (C=O) groups is 2. The fourth-order valence-electron chi connectivity index (χ4n) is 1.11. The van der Waals surface area contributed by atoms with Crippen molar-refractivity contribution in [3.05, 3.63) is 43.8 Å². The van der Waals surface area contributed by atoms with Crippen LogP contribution in [0.2, 0.25) is 0 Å². The summed E-state index contributed by atoms with van der Waals surface area (Å²) in [5.74, 6) is -0.908. The van der Waals surface area contributed by atoms with Crippen LogP contribution in [0, 0.1) is 25.9 Å². The first kappa shape index (κ1) is 26.8. The van der Waals surface area contributed by atoms with Gasteiger partial charge in [-0.05, 0) is 13.0 Å². The zero-order valence-electron chi connectivity index (χ0n) is 10.8. The second-order valence-electron chi connectivity index (χ2n) is 2.84. The monoisotopic (exact) mass is 320 g/mol. The number of allylic oxidation sites excluding steroid dienone is 3. The Hall–Kier alpha value is -1.64. The smallest absolute Gasteiger partial charge is 0 e. The molecule has 0 radical (unpaired) electrons. The van der Waals surface area contributed by atoms with Crippen LogP contribution >= 0.6 is 0 Å². The van der Waals surface area contributed by atoms with Gasteiger partial charge in [0.05, 0.1) is 6.61 Å². The predicted molar refractivity (Wildman–Crippen MR) is 59.8 cm³/mol. The molecule has 0 bridgehead atoms. The third kappa shape index (κ3) is 10.3. The molecule has 1 aliphatic rings. The van der Waals surface area contributed by atoms with E-state index in [0.29, 0.717) is 6.61 Å². The van der Waals surface area contributed by atoms with Gasteiger partial charge in [0.1, 0.15) is 5.57 Å². The number of ketones is 1. The van der Waals surface area contributed by atoms with Crippen LogP contribution in [0.15, 0.2) is 23.8 Å². The predicted octanol–water partition coefficient (Wildman–Crippen LogP) is 1.14. The van der Waals surface area contributed by atoms with Crippen LogP contribution in [-0.2, 0) is 45.4 Å². The van der Waals surface area contributed by atoms with E-state index in [-0.39, 0.29) is 34.3 Å².